The molecule has 70 valence electrons. The predicted octanol–water partition coefficient (Wildman–Crippen LogP) is 1.63. The Labute approximate surface area is 79.0 Å². The monoisotopic (exact) mass is 191 g/mol. The van der Waals surface area contributed by atoms with Crippen LogP contribution in [0.3, 0.4) is 0 Å². The van der Waals surface area contributed by atoms with E-state index in [-0.39, 0.29) is 16.8 Å². The standard InChI is InChI=1S/C9H5NO4/c1-10-7-3-5(8(11)12)2-6(4-7)9(13)14/h2-4H,(H,11,12)(H,13,14). The van der Waals surface area contributed by atoms with Crippen LogP contribution in [-0.2, 0) is 0 Å². The summed E-state index contributed by atoms with van der Waals surface area (Å²) < 4.78 is 0. The summed E-state index contributed by atoms with van der Waals surface area (Å²) in [6, 6.07) is 3.27. The first-order valence-electron chi connectivity index (χ1n) is 3.53. The Morgan fingerprint density at radius 1 is 1.07 bits per heavy atom. The molecule has 0 aliphatic carbocycles. The molecule has 0 saturated heterocycles. The lowest BCUT2D eigenvalue weighted by Crippen LogP contribution is -2.01. The Morgan fingerprint density at radius 3 is 1.79 bits per heavy atom. The highest BCUT2D eigenvalue weighted by Crippen LogP contribution is 2.17. The summed E-state index contributed by atoms with van der Waals surface area (Å²) in [5, 5.41) is 17.2. The average molecular weight is 191 g/mol. The summed E-state index contributed by atoms with van der Waals surface area (Å²) >= 11 is 0. The highest BCUT2D eigenvalue weighted by molar-refractivity contribution is 5.95. The van der Waals surface area contributed by atoms with E-state index in [9.17, 15) is 9.59 Å². The highest BCUT2D eigenvalue weighted by atomic mass is 16.4. The number of carbonyl (C=O) groups is 2. The van der Waals surface area contributed by atoms with Gasteiger partial charge in [-0.1, -0.05) is 0 Å². The molecule has 0 aliphatic heterocycles. The number of hydrogen-bond donors (Lipinski definition) is 2. The smallest absolute Gasteiger partial charge is 0.334 e. The minimum absolute atomic E-state index is 0.00213. The topological polar surface area (TPSA) is 79.0 Å². The van der Waals surface area contributed by atoms with E-state index in [4.69, 9.17) is 16.8 Å². The quantitative estimate of drug-likeness (QED) is 0.696. The van der Waals surface area contributed by atoms with Crippen molar-refractivity contribution in [2.24, 2.45) is 0 Å². The van der Waals surface area contributed by atoms with Gasteiger partial charge in [0, 0.05) is 11.1 Å². The molecule has 14 heavy (non-hydrogen) atoms. The first kappa shape index (κ1) is 9.74. The molecule has 0 fully saturated rings. The van der Waals surface area contributed by atoms with Crippen molar-refractivity contribution in [3.05, 3.63) is 40.7 Å². The van der Waals surface area contributed by atoms with Gasteiger partial charge in [-0.3, -0.25) is 0 Å². The lowest BCUT2D eigenvalue weighted by atomic mass is 10.1. The average Bonchev–Trinajstić information content (AvgIpc) is 2.16. The molecular weight excluding hydrogens is 186 g/mol. The van der Waals surface area contributed by atoms with Crippen LogP contribution in [0.1, 0.15) is 20.7 Å². The first-order valence-corrected chi connectivity index (χ1v) is 3.53. The lowest BCUT2D eigenvalue weighted by Gasteiger charge is -1.98. The summed E-state index contributed by atoms with van der Waals surface area (Å²) in [7, 11) is 0. The molecule has 5 heteroatoms. The van der Waals surface area contributed by atoms with Crippen LogP contribution in [-0.4, -0.2) is 22.2 Å². The van der Waals surface area contributed by atoms with Crippen molar-refractivity contribution in [1.29, 1.82) is 0 Å². The minimum Gasteiger partial charge on any atom is -0.478 e. The largest absolute Gasteiger partial charge is 0.478 e. The van der Waals surface area contributed by atoms with Crippen LogP contribution in [0.25, 0.3) is 4.85 Å². The van der Waals surface area contributed by atoms with E-state index in [0.717, 1.165) is 18.2 Å². The normalized spacial score (nSPS) is 9.07. The summed E-state index contributed by atoms with van der Waals surface area (Å²) in [6.45, 7) is 6.66. The van der Waals surface area contributed by atoms with Crippen LogP contribution in [0.4, 0.5) is 5.69 Å². The molecule has 2 N–H and O–H groups in total. The van der Waals surface area contributed by atoms with E-state index >= 15 is 0 Å². The van der Waals surface area contributed by atoms with Gasteiger partial charge in [-0.05, 0) is 18.2 Å². The van der Waals surface area contributed by atoms with Gasteiger partial charge in [-0.2, -0.15) is 0 Å². The van der Waals surface area contributed by atoms with Crippen molar-refractivity contribution in [3.8, 4) is 0 Å². The predicted molar refractivity (Wildman–Crippen MR) is 46.6 cm³/mol. The van der Waals surface area contributed by atoms with Crippen LogP contribution in [0.15, 0.2) is 18.2 Å². The third kappa shape index (κ3) is 1.87. The van der Waals surface area contributed by atoms with E-state index in [2.05, 4.69) is 4.85 Å². The molecule has 5 nitrogen and oxygen atoms in total. The SMILES string of the molecule is [C-]#[N+]c1cc(C(=O)O)cc(C(=O)O)c1. The highest BCUT2D eigenvalue weighted by Gasteiger charge is 2.10. The van der Waals surface area contributed by atoms with E-state index in [0.29, 0.717) is 0 Å². The van der Waals surface area contributed by atoms with E-state index < -0.39 is 11.9 Å². The Kier molecular flexibility index (Phi) is 2.49. The van der Waals surface area contributed by atoms with Crippen molar-refractivity contribution in [2.75, 3.05) is 0 Å². The van der Waals surface area contributed by atoms with Crippen LogP contribution in [0.2, 0.25) is 0 Å². The van der Waals surface area contributed by atoms with E-state index in [1.165, 1.54) is 0 Å². The van der Waals surface area contributed by atoms with Gasteiger partial charge in [0.2, 0.25) is 0 Å². The number of hydrogen-bond acceptors (Lipinski definition) is 2. The van der Waals surface area contributed by atoms with Gasteiger partial charge in [0.15, 0.2) is 5.69 Å². The third-order valence-electron chi connectivity index (χ3n) is 1.54. The molecule has 0 bridgehead atoms. The van der Waals surface area contributed by atoms with Gasteiger partial charge in [0.05, 0.1) is 6.57 Å². The molecule has 0 spiro atoms. The number of benzene rings is 1. The molecule has 1 aromatic rings. The summed E-state index contributed by atoms with van der Waals surface area (Å²) in [5.74, 6) is -2.50. The molecule has 0 heterocycles. The van der Waals surface area contributed by atoms with Gasteiger partial charge in [0.25, 0.3) is 0 Å². The first-order chi connectivity index (χ1) is 6.54. The van der Waals surface area contributed by atoms with E-state index in [1.807, 2.05) is 0 Å². The number of aromatic carboxylic acids is 2. The zero-order valence-corrected chi connectivity index (χ0v) is 6.89. The molecule has 1 rings (SSSR count). The maximum Gasteiger partial charge on any atom is 0.334 e. The van der Waals surface area contributed by atoms with Gasteiger partial charge in [0.1, 0.15) is 0 Å². The molecular formula is C9H5NO4. The van der Waals surface area contributed by atoms with Crippen molar-refractivity contribution >= 4 is 17.6 Å². The van der Waals surface area contributed by atoms with Crippen molar-refractivity contribution < 1.29 is 19.8 Å². The maximum atomic E-state index is 10.5. The number of carboxylic acids is 2. The van der Waals surface area contributed by atoms with Crippen LogP contribution < -0.4 is 0 Å². The zero-order valence-electron chi connectivity index (χ0n) is 6.89. The lowest BCUT2D eigenvalue weighted by molar-refractivity contribution is 0.0696. The Morgan fingerprint density at radius 2 is 1.50 bits per heavy atom. The molecule has 0 aliphatic rings. The molecule has 0 amide bonds. The zero-order chi connectivity index (χ0) is 10.7. The molecule has 1 aromatic carbocycles. The second-order valence-corrected chi connectivity index (χ2v) is 2.49. The molecule has 0 saturated carbocycles. The third-order valence-corrected chi connectivity index (χ3v) is 1.54. The summed E-state index contributed by atoms with van der Waals surface area (Å²) in [6.07, 6.45) is 0. The minimum atomic E-state index is -1.25. The van der Waals surface area contributed by atoms with Gasteiger partial charge in [-0.25, -0.2) is 14.4 Å². The van der Waals surface area contributed by atoms with Crippen LogP contribution >= 0.6 is 0 Å². The Balaban J connectivity index is 3.36. The fourth-order valence-electron chi connectivity index (χ4n) is 0.923. The maximum absolute atomic E-state index is 10.5. The number of nitrogens with zero attached hydrogens (tertiary/aromatic N) is 1. The van der Waals surface area contributed by atoms with Crippen LogP contribution in [0, 0.1) is 6.57 Å². The molecule has 0 aromatic heterocycles. The molecule has 0 radical (unpaired) electrons. The second kappa shape index (κ2) is 3.58. The van der Waals surface area contributed by atoms with E-state index in [1.54, 1.807) is 0 Å². The van der Waals surface area contributed by atoms with Gasteiger partial charge >= 0.3 is 11.9 Å². The van der Waals surface area contributed by atoms with Crippen molar-refractivity contribution in [3.63, 3.8) is 0 Å². The van der Waals surface area contributed by atoms with Crippen molar-refractivity contribution in [1.82, 2.24) is 0 Å². The number of rotatable bonds is 2. The summed E-state index contributed by atoms with van der Waals surface area (Å²) in [5.41, 5.74) is -0.394. The fourth-order valence-corrected chi connectivity index (χ4v) is 0.923. The number of carboxylic acid groups (broad SMARTS) is 2. The second-order valence-electron chi connectivity index (χ2n) is 2.49. The van der Waals surface area contributed by atoms with Gasteiger partial charge < -0.3 is 10.2 Å². The van der Waals surface area contributed by atoms with Gasteiger partial charge in [-0.15, -0.1) is 0 Å². The van der Waals surface area contributed by atoms with Crippen molar-refractivity contribution in [2.45, 2.75) is 0 Å². The molecule has 0 unspecified atom stereocenters. The fraction of sp³-hybridized carbons (Fsp3) is 0. The Hall–Kier alpha value is -2.35. The molecule has 0 atom stereocenters. The summed E-state index contributed by atoms with van der Waals surface area (Å²) in [4.78, 5) is 24.1. The Bertz CT molecular complexity index is 412. The van der Waals surface area contributed by atoms with Crippen LogP contribution in [0.5, 0.6) is 0 Å².